The number of carbonyl (C=O) groups is 2. The highest BCUT2D eigenvalue weighted by atomic mass is 16.3. The molecule has 54 heavy (non-hydrogen) atoms. The molecule has 0 spiro atoms. The van der Waals surface area contributed by atoms with Gasteiger partial charge in [0.25, 0.3) is 0 Å². The Balaban J connectivity index is 1.41. The highest BCUT2D eigenvalue weighted by molar-refractivity contribution is 5.94. The van der Waals surface area contributed by atoms with E-state index in [0.717, 1.165) is 39.5 Å². The van der Waals surface area contributed by atoms with Gasteiger partial charge in [0.05, 0.1) is 22.8 Å². The number of pyridine rings is 4. The standard InChI is InChI=1S/C43H52N8O3/c1-30-22-31(24-50(26-33-14-8-10-20-44-33)28-35-16-12-18-37(46-35)48-40(53)42(2,3)4)39(52)32(23-30)25-51(27-34-15-9-11-21-45-34)29-36-17-13-19-38(47-36)49-41(54)43(5,6)7/h8-23,52H,24-29H2,1-7H3,(H,46,48,53)(H,47,49,54). The van der Waals surface area contributed by atoms with Gasteiger partial charge in [-0.2, -0.15) is 0 Å². The fourth-order valence-electron chi connectivity index (χ4n) is 5.77. The van der Waals surface area contributed by atoms with Crippen LogP contribution in [0.1, 0.15) is 81.0 Å². The Kier molecular flexibility index (Phi) is 12.9. The number of phenols is 1. The second-order valence-corrected chi connectivity index (χ2v) is 15.8. The predicted octanol–water partition coefficient (Wildman–Crippen LogP) is 7.65. The third kappa shape index (κ3) is 11.7. The quantitative estimate of drug-likeness (QED) is 0.105. The van der Waals surface area contributed by atoms with Crippen molar-refractivity contribution in [3.63, 3.8) is 0 Å². The normalized spacial score (nSPS) is 11.9. The molecule has 0 aliphatic carbocycles. The Morgan fingerprint density at radius 1 is 0.574 bits per heavy atom. The van der Waals surface area contributed by atoms with Crippen LogP contribution in [0.4, 0.5) is 11.6 Å². The first-order chi connectivity index (χ1) is 25.6. The van der Waals surface area contributed by atoms with E-state index >= 15 is 0 Å². The number of carbonyl (C=O) groups excluding carboxylic acids is 2. The van der Waals surface area contributed by atoms with Crippen molar-refractivity contribution in [3.8, 4) is 5.75 Å². The molecule has 0 atom stereocenters. The van der Waals surface area contributed by atoms with Crippen molar-refractivity contribution in [2.24, 2.45) is 10.8 Å². The molecule has 5 rings (SSSR count). The molecule has 0 saturated heterocycles. The van der Waals surface area contributed by atoms with Crippen LogP contribution in [-0.4, -0.2) is 46.7 Å². The number of amides is 2. The van der Waals surface area contributed by atoms with Crippen molar-refractivity contribution < 1.29 is 14.7 Å². The van der Waals surface area contributed by atoms with Gasteiger partial charge in [-0.25, -0.2) is 9.97 Å². The molecule has 0 unspecified atom stereocenters. The summed E-state index contributed by atoms with van der Waals surface area (Å²) in [6.45, 7) is 16.0. The smallest absolute Gasteiger partial charge is 0.230 e. The van der Waals surface area contributed by atoms with Gasteiger partial charge in [0.2, 0.25) is 11.8 Å². The fraction of sp³-hybridized carbons (Fsp3) is 0.349. The number of nitrogens with one attached hydrogen (secondary N) is 2. The molecule has 0 aliphatic rings. The molecule has 11 heteroatoms. The fourth-order valence-corrected chi connectivity index (χ4v) is 5.77. The predicted molar refractivity (Wildman–Crippen MR) is 212 cm³/mol. The lowest BCUT2D eigenvalue weighted by Gasteiger charge is -2.26. The van der Waals surface area contributed by atoms with E-state index in [1.165, 1.54) is 0 Å². The van der Waals surface area contributed by atoms with E-state index in [9.17, 15) is 14.7 Å². The molecule has 4 heterocycles. The largest absolute Gasteiger partial charge is 0.507 e. The summed E-state index contributed by atoms with van der Waals surface area (Å²) in [5.74, 6) is 0.993. The molecule has 11 nitrogen and oxygen atoms in total. The average Bonchev–Trinajstić information content (AvgIpc) is 3.10. The lowest BCUT2D eigenvalue weighted by Crippen LogP contribution is -2.28. The number of aromatic nitrogens is 4. The van der Waals surface area contributed by atoms with E-state index in [1.54, 1.807) is 24.5 Å². The van der Waals surface area contributed by atoms with Gasteiger partial charge in [-0.3, -0.25) is 29.4 Å². The van der Waals surface area contributed by atoms with Crippen LogP contribution < -0.4 is 10.6 Å². The van der Waals surface area contributed by atoms with Gasteiger partial charge in [-0.15, -0.1) is 0 Å². The maximum Gasteiger partial charge on any atom is 0.230 e. The van der Waals surface area contributed by atoms with E-state index in [0.29, 0.717) is 50.9 Å². The Morgan fingerprint density at radius 3 is 1.33 bits per heavy atom. The number of rotatable bonds is 14. The van der Waals surface area contributed by atoms with E-state index in [1.807, 2.05) is 121 Å². The first-order valence-electron chi connectivity index (χ1n) is 18.2. The highest BCUT2D eigenvalue weighted by Gasteiger charge is 2.23. The lowest BCUT2D eigenvalue weighted by molar-refractivity contribution is -0.123. The molecular weight excluding hydrogens is 677 g/mol. The third-order valence-corrected chi connectivity index (χ3v) is 8.65. The number of hydrogen-bond acceptors (Lipinski definition) is 9. The van der Waals surface area contributed by atoms with Crippen LogP contribution in [0.5, 0.6) is 5.75 Å². The van der Waals surface area contributed by atoms with Crippen LogP contribution in [-0.2, 0) is 48.9 Å². The summed E-state index contributed by atoms with van der Waals surface area (Å²) < 4.78 is 0. The van der Waals surface area contributed by atoms with Crippen molar-refractivity contribution in [2.75, 3.05) is 10.6 Å². The van der Waals surface area contributed by atoms with Crippen molar-refractivity contribution >= 4 is 23.5 Å². The zero-order valence-electron chi connectivity index (χ0n) is 32.4. The van der Waals surface area contributed by atoms with Crippen LogP contribution in [0.25, 0.3) is 0 Å². The molecule has 282 valence electrons. The summed E-state index contributed by atoms with van der Waals surface area (Å²) in [6, 6.07) is 26.9. The Bertz CT molecular complexity index is 1880. The summed E-state index contributed by atoms with van der Waals surface area (Å²) >= 11 is 0. The van der Waals surface area contributed by atoms with Crippen LogP contribution in [0, 0.1) is 17.8 Å². The third-order valence-electron chi connectivity index (χ3n) is 8.65. The molecule has 0 fully saturated rings. The topological polar surface area (TPSA) is 136 Å². The number of aromatic hydroxyl groups is 1. The summed E-state index contributed by atoms with van der Waals surface area (Å²) in [7, 11) is 0. The van der Waals surface area contributed by atoms with Crippen LogP contribution in [0.3, 0.4) is 0 Å². The number of hydrogen-bond donors (Lipinski definition) is 3. The number of anilines is 2. The maximum atomic E-state index is 12.7. The molecule has 0 radical (unpaired) electrons. The van der Waals surface area contributed by atoms with E-state index < -0.39 is 10.8 Å². The first-order valence-corrected chi connectivity index (χ1v) is 18.2. The Labute approximate surface area is 318 Å². The molecule has 3 N–H and O–H groups in total. The van der Waals surface area contributed by atoms with Gasteiger partial charge in [-0.1, -0.05) is 83.5 Å². The zero-order chi connectivity index (χ0) is 38.9. The van der Waals surface area contributed by atoms with Gasteiger partial charge in [0.15, 0.2) is 0 Å². The SMILES string of the molecule is Cc1cc(CN(Cc2ccccn2)Cc2cccc(NC(=O)C(C)(C)C)n2)c(O)c(CN(Cc2ccccn2)Cc2cccc(NC(=O)C(C)(C)C)n2)c1. The van der Waals surface area contributed by atoms with Gasteiger partial charge >= 0.3 is 0 Å². The minimum absolute atomic E-state index is 0.109. The summed E-state index contributed by atoms with van der Waals surface area (Å²) in [5.41, 5.74) is 4.79. The second kappa shape index (κ2) is 17.5. The number of nitrogens with zero attached hydrogens (tertiary/aromatic N) is 6. The van der Waals surface area contributed by atoms with Gasteiger partial charge in [0.1, 0.15) is 17.4 Å². The number of phenolic OH excluding ortho intramolecular Hbond substituents is 1. The highest BCUT2D eigenvalue weighted by Crippen LogP contribution is 2.29. The van der Waals surface area contributed by atoms with Crippen LogP contribution in [0.15, 0.2) is 97.3 Å². The summed E-state index contributed by atoms with van der Waals surface area (Å²) in [4.78, 5) is 48.4. The van der Waals surface area contributed by atoms with Crippen molar-refractivity contribution in [1.29, 1.82) is 0 Å². The molecule has 0 bridgehead atoms. The first kappa shape index (κ1) is 39.7. The van der Waals surface area contributed by atoms with E-state index in [-0.39, 0.29) is 17.6 Å². The van der Waals surface area contributed by atoms with Crippen molar-refractivity contribution in [1.82, 2.24) is 29.7 Å². The maximum absolute atomic E-state index is 12.7. The molecular formula is C43H52N8O3. The van der Waals surface area contributed by atoms with E-state index in [4.69, 9.17) is 9.97 Å². The van der Waals surface area contributed by atoms with E-state index in [2.05, 4.69) is 30.4 Å². The second-order valence-electron chi connectivity index (χ2n) is 15.8. The monoisotopic (exact) mass is 728 g/mol. The number of benzene rings is 1. The lowest BCUT2D eigenvalue weighted by atomic mass is 9.96. The molecule has 0 aliphatic heterocycles. The summed E-state index contributed by atoms with van der Waals surface area (Å²) in [6.07, 6.45) is 3.55. The molecule has 2 amide bonds. The zero-order valence-corrected chi connectivity index (χ0v) is 32.4. The molecule has 4 aromatic heterocycles. The molecule has 5 aromatic rings. The minimum atomic E-state index is -0.555. The van der Waals surface area contributed by atoms with Crippen molar-refractivity contribution in [2.45, 2.75) is 87.7 Å². The Morgan fingerprint density at radius 2 is 0.963 bits per heavy atom. The minimum Gasteiger partial charge on any atom is -0.507 e. The van der Waals surface area contributed by atoms with Crippen molar-refractivity contribution in [3.05, 3.63) is 137 Å². The van der Waals surface area contributed by atoms with Gasteiger partial charge in [-0.05, 0) is 55.5 Å². The Hall–Kier alpha value is -5.52. The average molecular weight is 729 g/mol. The van der Waals surface area contributed by atoms with Gasteiger partial charge in [0, 0.05) is 73.6 Å². The molecule has 0 saturated carbocycles. The number of aryl methyl sites for hydroxylation is 1. The van der Waals surface area contributed by atoms with Crippen LogP contribution in [0.2, 0.25) is 0 Å². The van der Waals surface area contributed by atoms with Crippen LogP contribution >= 0.6 is 0 Å². The summed E-state index contributed by atoms with van der Waals surface area (Å²) in [5, 5.41) is 17.8. The molecule has 1 aromatic carbocycles. The van der Waals surface area contributed by atoms with Gasteiger partial charge < -0.3 is 15.7 Å².